The van der Waals surface area contributed by atoms with E-state index in [4.69, 9.17) is 21.1 Å². The molecule has 1 saturated heterocycles. The van der Waals surface area contributed by atoms with Gasteiger partial charge in [0.05, 0.1) is 21.6 Å². The van der Waals surface area contributed by atoms with Gasteiger partial charge >= 0.3 is 12.1 Å². The number of rotatable bonds is 4. The summed E-state index contributed by atoms with van der Waals surface area (Å²) >= 11 is 10.1. The molecule has 4 rings (SSSR count). The zero-order chi connectivity index (χ0) is 33.3. The summed E-state index contributed by atoms with van der Waals surface area (Å²) in [5, 5.41) is 1.37. The number of pyridine rings is 1. The van der Waals surface area contributed by atoms with E-state index in [2.05, 4.69) is 26.3 Å². The van der Waals surface area contributed by atoms with Gasteiger partial charge in [0.25, 0.3) is 11.8 Å². The molecule has 2 heterocycles. The molecule has 0 bridgehead atoms. The van der Waals surface area contributed by atoms with Gasteiger partial charge < -0.3 is 14.4 Å². The number of esters is 1. The summed E-state index contributed by atoms with van der Waals surface area (Å²) in [6.07, 6.45) is 1.63. The van der Waals surface area contributed by atoms with E-state index in [0.29, 0.717) is 28.5 Å². The van der Waals surface area contributed by atoms with Gasteiger partial charge in [-0.05, 0) is 104 Å². The van der Waals surface area contributed by atoms with Crippen LogP contribution in [0, 0.1) is 12.3 Å². The van der Waals surface area contributed by atoms with Gasteiger partial charge in [0.2, 0.25) is 0 Å². The molecule has 3 amide bonds. The Morgan fingerprint density at radius 1 is 0.978 bits per heavy atom. The van der Waals surface area contributed by atoms with E-state index in [1.807, 2.05) is 6.92 Å². The lowest BCUT2D eigenvalue weighted by Crippen LogP contribution is -2.49. The van der Waals surface area contributed by atoms with Crippen molar-refractivity contribution < 1.29 is 28.7 Å². The Morgan fingerprint density at radius 2 is 1.64 bits per heavy atom. The van der Waals surface area contributed by atoms with Gasteiger partial charge in [-0.15, -0.1) is 0 Å². The third kappa shape index (κ3) is 8.12. The Balaban J connectivity index is 2.02. The number of aryl methyl sites for hydroxylation is 1. The summed E-state index contributed by atoms with van der Waals surface area (Å²) in [4.78, 5) is 61.8. The topological polar surface area (TPSA) is 118 Å². The number of carbonyl (C=O) groups is 4. The van der Waals surface area contributed by atoms with E-state index >= 15 is 0 Å². The first-order valence-electron chi connectivity index (χ1n) is 14.7. The minimum atomic E-state index is -0.961. The van der Waals surface area contributed by atoms with Crippen LogP contribution in [0.2, 0.25) is 5.02 Å². The highest BCUT2D eigenvalue weighted by Gasteiger charge is 2.37. The monoisotopic (exact) mass is 700 g/mol. The molecular weight excluding hydrogens is 664 g/mol. The summed E-state index contributed by atoms with van der Waals surface area (Å²) in [6, 6.07) is 9.95. The van der Waals surface area contributed by atoms with E-state index in [1.54, 1.807) is 82.8 Å². The summed E-state index contributed by atoms with van der Waals surface area (Å²) in [7, 11) is 0. The van der Waals surface area contributed by atoms with Crippen LogP contribution >= 0.6 is 27.5 Å². The number of hydrogen-bond donors (Lipinski definition) is 1. The molecule has 0 unspecified atom stereocenters. The molecule has 1 aliphatic heterocycles. The van der Waals surface area contributed by atoms with Crippen LogP contribution < -0.4 is 15.2 Å². The van der Waals surface area contributed by atoms with Crippen molar-refractivity contribution in [1.82, 2.24) is 15.3 Å². The third-order valence-electron chi connectivity index (χ3n) is 6.92. The highest BCUT2D eigenvalue weighted by Crippen LogP contribution is 2.37. The Hall–Kier alpha value is -3.70. The Bertz CT molecular complexity index is 1660. The molecule has 10 nitrogen and oxygen atoms in total. The number of nitrogens with zero attached hydrogens (tertiary/aromatic N) is 3. The van der Waals surface area contributed by atoms with E-state index in [0.717, 1.165) is 29.8 Å². The fourth-order valence-corrected chi connectivity index (χ4v) is 5.35. The number of nitrogens with one attached hydrogen (secondary N) is 1. The van der Waals surface area contributed by atoms with Crippen molar-refractivity contribution in [2.45, 2.75) is 73.3 Å². The van der Waals surface area contributed by atoms with Crippen LogP contribution in [0.15, 0.2) is 40.9 Å². The number of aromatic nitrogens is 1. The Morgan fingerprint density at radius 3 is 2.24 bits per heavy atom. The first-order valence-corrected chi connectivity index (χ1v) is 15.9. The van der Waals surface area contributed by atoms with Crippen molar-refractivity contribution in [2.75, 3.05) is 18.1 Å². The largest absolute Gasteiger partial charge is 0.443 e. The zero-order valence-electron chi connectivity index (χ0n) is 26.5. The van der Waals surface area contributed by atoms with Crippen molar-refractivity contribution in [2.24, 2.45) is 5.41 Å². The first kappa shape index (κ1) is 34.2. The number of ether oxygens (including phenoxy) is 2. The minimum Gasteiger partial charge on any atom is -0.443 e. The fourth-order valence-electron chi connectivity index (χ4n) is 4.68. The average molecular weight is 702 g/mol. The van der Waals surface area contributed by atoms with Crippen LogP contribution in [0.4, 0.5) is 10.5 Å². The summed E-state index contributed by atoms with van der Waals surface area (Å²) < 4.78 is 12.1. The predicted molar refractivity (Wildman–Crippen MR) is 177 cm³/mol. The van der Waals surface area contributed by atoms with Gasteiger partial charge in [-0.3, -0.25) is 14.4 Å². The van der Waals surface area contributed by atoms with Crippen molar-refractivity contribution in [3.63, 3.8) is 0 Å². The highest BCUT2D eigenvalue weighted by atomic mass is 79.9. The van der Waals surface area contributed by atoms with Crippen LogP contribution in [0.5, 0.6) is 5.75 Å². The average Bonchev–Trinajstić information content (AvgIpc) is 2.94. The zero-order valence-corrected chi connectivity index (χ0v) is 28.9. The predicted octanol–water partition coefficient (Wildman–Crippen LogP) is 7.62. The lowest BCUT2D eigenvalue weighted by Gasteiger charge is -2.30. The lowest BCUT2D eigenvalue weighted by molar-refractivity contribution is -0.142. The molecule has 0 spiro atoms. The summed E-state index contributed by atoms with van der Waals surface area (Å²) in [5.41, 5.74) is 1.38. The normalized spacial score (nSPS) is 13.8. The molecule has 1 fully saturated rings. The van der Waals surface area contributed by atoms with Gasteiger partial charge in [0.15, 0.2) is 5.75 Å². The molecular formula is C33H38BrClN4O6. The highest BCUT2D eigenvalue weighted by molar-refractivity contribution is 9.10. The number of likely N-dealkylation sites (tertiary alicyclic amines) is 1. The minimum absolute atomic E-state index is 0.110. The quantitative estimate of drug-likeness (QED) is 0.220. The molecule has 3 aromatic rings. The van der Waals surface area contributed by atoms with Crippen LogP contribution in [0.25, 0.3) is 10.9 Å². The van der Waals surface area contributed by atoms with Crippen molar-refractivity contribution in [3.05, 3.63) is 62.7 Å². The summed E-state index contributed by atoms with van der Waals surface area (Å²) in [6.45, 7) is 12.9. The molecule has 0 aliphatic carbocycles. The molecule has 240 valence electrons. The molecule has 2 aromatic carbocycles. The Kier molecular flexibility index (Phi) is 10.1. The van der Waals surface area contributed by atoms with Gasteiger partial charge in [0.1, 0.15) is 16.9 Å². The van der Waals surface area contributed by atoms with Gasteiger partial charge in [0, 0.05) is 22.9 Å². The smallest absolute Gasteiger partial charge is 0.427 e. The molecule has 1 N–H and O–H groups in total. The van der Waals surface area contributed by atoms with Crippen molar-refractivity contribution in [1.29, 1.82) is 0 Å². The molecule has 1 aromatic heterocycles. The molecule has 0 radical (unpaired) electrons. The first-order chi connectivity index (χ1) is 21.0. The van der Waals surface area contributed by atoms with Gasteiger partial charge in [-0.25, -0.2) is 20.2 Å². The second kappa shape index (κ2) is 13.3. The maximum absolute atomic E-state index is 14.8. The number of amides is 3. The fraction of sp³-hybridized carbons (Fsp3) is 0.424. The third-order valence-corrected chi connectivity index (χ3v) is 7.71. The lowest BCUT2D eigenvalue weighted by atomic mass is 9.97. The number of hydrazine groups is 1. The van der Waals surface area contributed by atoms with Gasteiger partial charge in [-0.1, -0.05) is 33.6 Å². The number of hydrogen-bond acceptors (Lipinski definition) is 7. The van der Waals surface area contributed by atoms with Crippen LogP contribution in [-0.4, -0.2) is 52.5 Å². The number of fused-ring (bicyclic) bond motifs is 1. The number of carbonyl (C=O) groups excluding carboxylic acids is 4. The van der Waals surface area contributed by atoms with Crippen LogP contribution in [0.3, 0.4) is 0 Å². The number of anilines is 1. The molecule has 0 atom stereocenters. The SMILES string of the molecule is Cc1ccc(N(NC(=O)OC(C)(C)C)C(=O)c2c(C(=O)N3CCCCC3)nc3cc(Br)ccc3c2OC(=O)C(C)(C)C)c(Cl)c1. The second-order valence-electron chi connectivity index (χ2n) is 13.0. The van der Waals surface area contributed by atoms with Crippen LogP contribution in [0.1, 0.15) is 87.2 Å². The standard InChI is InChI=1S/C33H38BrClN4O6/c1-19-11-14-24(22(35)17-19)39(37-31(43)45-33(5,6)7)28(40)25-26(29(41)38-15-9-8-10-16-38)36-23-18-20(34)12-13-21(23)27(25)44-30(42)32(2,3)4/h11-14,17-18H,8-10,15-16H2,1-7H3,(H,37,43). The van der Waals surface area contributed by atoms with E-state index in [9.17, 15) is 19.2 Å². The van der Waals surface area contributed by atoms with Crippen LogP contribution in [-0.2, 0) is 9.53 Å². The second-order valence-corrected chi connectivity index (χ2v) is 14.4. The maximum Gasteiger partial charge on any atom is 0.427 e. The van der Waals surface area contributed by atoms with E-state index in [1.165, 1.54) is 0 Å². The van der Waals surface area contributed by atoms with Crippen molar-refractivity contribution in [3.8, 4) is 5.75 Å². The molecule has 12 heteroatoms. The molecule has 45 heavy (non-hydrogen) atoms. The van der Waals surface area contributed by atoms with Gasteiger partial charge in [-0.2, -0.15) is 0 Å². The Labute approximate surface area is 276 Å². The molecule has 1 aliphatic rings. The number of piperidine rings is 1. The van der Waals surface area contributed by atoms with E-state index < -0.39 is 34.9 Å². The maximum atomic E-state index is 14.8. The summed E-state index contributed by atoms with van der Waals surface area (Å²) in [5.74, 6) is -2.19. The van der Waals surface area contributed by atoms with E-state index in [-0.39, 0.29) is 27.7 Å². The number of halogens is 2. The van der Waals surface area contributed by atoms with Crippen molar-refractivity contribution >= 4 is 68.0 Å². The number of benzene rings is 2. The molecule has 0 saturated carbocycles.